The molecular weight excluding hydrogens is 374 g/mol. The van der Waals surface area contributed by atoms with E-state index in [1.165, 1.54) is 7.11 Å². The van der Waals surface area contributed by atoms with Gasteiger partial charge in [-0.1, -0.05) is 66.7 Å². The maximum atomic E-state index is 13.2. The van der Waals surface area contributed by atoms with E-state index in [1.54, 1.807) is 31.2 Å². The van der Waals surface area contributed by atoms with Crippen LogP contribution >= 0.6 is 11.8 Å². The van der Waals surface area contributed by atoms with Crippen LogP contribution in [0, 0.1) is 5.41 Å². The molecule has 0 fully saturated rings. The van der Waals surface area contributed by atoms with Crippen molar-refractivity contribution in [3.8, 4) is 0 Å². The van der Waals surface area contributed by atoms with Crippen LogP contribution in [0.2, 0.25) is 0 Å². The monoisotopic (exact) mass is 395 g/mol. The Balaban J connectivity index is 1.90. The molecule has 0 saturated carbocycles. The molecule has 3 N–H and O–H groups in total. The van der Waals surface area contributed by atoms with E-state index in [4.69, 9.17) is 27.7 Å². The molecule has 0 bridgehead atoms. The summed E-state index contributed by atoms with van der Waals surface area (Å²) in [4.78, 5) is 13.2. The van der Waals surface area contributed by atoms with E-state index < -0.39 is 5.60 Å². The third-order valence-electron chi connectivity index (χ3n) is 4.93. The number of carbonyl (C=O) groups is 1. The van der Waals surface area contributed by atoms with E-state index in [9.17, 15) is 4.79 Å². The molecule has 6 heteroatoms. The van der Waals surface area contributed by atoms with Crippen LogP contribution in [0.3, 0.4) is 0 Å². The van der Waals surface area contributed by atoms with Gasteiger partial charge in [-0.15, -0.1) is 0 Å². The Bertz CT molecular complexity index is 1010. The first-order valence-corrected chi connectivity index (χ1v) is 9.15. The van der Waals surface area contributed by atoms with Crippen molar-refractivity contribution in [2.24, 2.45) is 5.73 Å². The molecule has 0 saturated heterocycles. The smallest absolute Gasteiger partial charge is 0.273 e. The van der Waals surface area contributed by atoms with Crippen LogP contribution in [-0.2, 0) is 21.7 Å². The topological polar surface area (TPSA) is 79.4 Å². The molecule has 1 unspecified atom stereocenters. The van der Waals surface area contributed by atoms with Gasteiger partial charge >= 0.3 is 0 Å². The zero-order valence-corrected chi connectivity index (χ0v) is 16.5. The van der Waals surface area contributed by atoms with E-state index in [-0.39, 0.29) is 18.3 Å². The van der Waals surface area contributed by atoms with Crippen LogP contribution in [0.15, 0.2) is 66.7 Å². The minimum absolute atomic E-state index is 0.00623. The molecular formula is C22H22ClN3O2. The first-order chi connectivity index (χ1) is 13.4. The van der Waals surface area contributed by atoms with Crippen molar-refractivity contribution >= 4 is 34.3 Å². The van der Waals surface area contributed by atoms with Crippen molar-refractivity contribution in [3.05, 3.63) is 83.4 Å². The molecule has 3 aromatic rings. The van der Waals surface area contributed by atoms with E-state index in [0.29, 0.717) is 5.56 Å². The normalized spacial score (nSPS) is 13.1. The second kappa shape index (κ2) is 8.00. The fourth-order valence-electron chi connectivity index (χ4n) is 3.21. The lowest BCUT2D eigenvalue weighted by molar-refractivity contribution is -0.149. The van der Waals surface area contributed by atoms with Crippen molar-refractivity contribution < 1.29 is 9.53 Å². The minimum Gasteiger partial charge on any atom is -0.384 e. The molecule has 3 rings (SSSR count). The lowest BCUT2D eigenvalue weighted by Crippen LogP contribution is -2.42. The van der Waals surface area contributed by atoms with Gasteiger partial charge in [-0.2, -0.15) is 0 Å². The van der Waals surface area contributed by atoms with Gasteiger partial charge in [0.25, 0.3) is 5.91 Å². The summed E-state index contributed by atoms with van der Waals surface area (Å²) in [6.45, 7) is 1.92. The fourth-order valence-corrected chi connectivity index (χ4v) is 3.51. The van der Waals surface area contributed by atoms with Crippen LogP contribution in [-0.4, -0.2) is 23.3 Å². The number of hydrogen-bond donors (Lipinski definition) is 2. The largest absolute Gasteiger partial charge is 0.384 e. The number of amidine groups is 1. The number of amides is 1. The Kier molecular flexibility index (Phi) is 5.68. The summed E-state index contributed by atoms with van der Waals surface area (Å²) in [6, 6.07) is 20.7. The predicted molar refractivity (Wildman–Crippen MR) is 112 cm³/mol. The van der Waals surface area contributed by atoms with Crippen LogP contribution in [0.4, 0.5) is 0 Å². The highest BCUT2D eigenvalue weighted by Gasteiger charge is 2.39. The van der Waals surface area contributed by atoms with Crippen LogP contribution < -0.4 is 5.73 Å². The molecule has 28 heavy (non-hydrogen) atoms. The number of benzene rings is 3. The number of nitrogens with one attached hydrogen (secondary N) is 1. The summed E-state index contributed by atoms with van der Waals surface area (Å²) in [7, 11) is 1.51. The van der Waals surface area contributed by atoms with Gasteiger partial charge < -0.3 is 10.5 Å². The van der Waals surface area contributed by atoms with E-state index in [0.717, 1.165) is 26.3 Å². The number of hydrogen-bond acceptors (Lipinski definition) is 3. The van der Waals surface area contributed by atoms with Gasteiger partial charge in [0.1, 0.15) is 5.84 Å². The predicted octanol–water partition coefficient (Wildman–Crippen LogP) is 4.17. The molecule has 3 aromatic carbocycles. The second-order valence-electron chi connectivity index (χ2n) is 6.70. The number of rotatable bonds is 6. The number of halogens is 1. The molecule has 0 aliphatic rings. The van der Waals surface area contributed by atoms with E-state index >= 15 is 0 Å². The van der Waals surface area contributed by atoms with Crippen molar-refractivity contribution in [3.63, 3.8) is 0 Å². The van der Waals surface area contributed by atoms with Crippen molar-refractivity contribution in [2.75, 3.05) is 7.11 Å². The fraction of sp³-hybridized carbons (Fsp3) is 0.182. The summed E-state index contributed by atoms with van der Waals surface area (Å²) >= 11 is 6.37. The average Bonchev–Trinajstić information content (AvgIpc) is 2.72. The summed E-state index contributed by atoms with van der Waals surface area (Å²) in [5.74, 6) is -0.364. The first-order valence-electron chi connectivity index (χ1n) is 8.81. The maximum absolute atomic E-state index is 13.2. The Hall–Kier alpha value is -2.89. The highest BCUT2D eigenvalue weighted by Crippen LogP contribution is 2.34. The highest BCUT2D eigenvalue weighted by molar-refractivity contribution is 6.22. The van der Waals surface area contributed by atoms with Gasteiger partial charge in [0.2, 0.25) is 0 Å². The Morgan fingerprint density at radius 2 is 1.75 bits per heavy atom. The summed E-state index contributed by atoms with van der Waals surface area (Å²) in [6.07, 6.45) is 0. The zero-order chi connectivity index (χ0) is 20.3. The Morgan fingerprint density at radius 1 is 1.11 bits per heavy atom. The van der Waals surface area contributed by atoms with Crippen molar-refractivity contribution in [1.82, 2.24) is 4.42 Å². The second-order valence-corrected chi connectivity index (χ2v) is 7.11. The van der Waals surface area contributed by atoms with Crippen molar-refractivity contribution in [1.29, 1.82) is 5.41 Å². The van der Waals surface area contributed by atoms with Gasteiger partial charge in [0, 0.05) is 30.0 Å². The third-order valence-corrected chi connectivity index (χ3v) is 5.20. The van der Waals surface area contributed by atoms with Gasteiger partial charge in [0.05, 0.1) is 6.54 Å². The van der Waals surface area contributed by atoms with Crippen molar-refractivity contribution in [2.45, 2.75) is 19.1 Å². The number of methoxy groups -OCH3 is 1. The number of ether oxygens (including phenoxy) is 1. The number of carbonyl (C=O) groups excluding carboxylic acids is 1. The average molecular weight is 396 g/mol. The standard InChI is InChI=1S/C22H22ClN3O2/c1-22(28-2,19-9-5-7-16-6-3-4-8-18(16)19)21(27)26(23)14-15-10-12-17(13-11-15)20(24)25/h3-13H,14H2,1-2H3,(H3,24,25). The first kappa shape index (κ1) is 19.9. The molecule has 5 nitrogen and oxygen atoms in total. The third kappa shape index (κ3) is 3.72. The molecule has 0 spiro atoms. The quantitative estimate of drug-likeness (QED) is 0.373. The SMILES string of the molecule is COC(C)(C(=O)N(Cl)Cc1ccc(C(=N)N)cc1)c1cccc2ccccc12. The molecule has 0 aromatic heterocycles. The number of nitrogens with two attached hydrogens (primary N) is 1. The Morgan fingerprint density at radius 3 is 2.39 bits per heavy atom. The molecule has 0 radical (unpaired) electrons. The van der Waals surface area contributed by atoms with Crippen LogP contribution in [0.1, 0.15) is 23.6 Å². The lowest BCUT2D eigenvalue weighted by Gasteiger charge is -2.31. The lowest BCUT2D eigenvalue weighted by atomic mass is 9.89. The molecule has 0 aliphatic heterocycles. The Labute approximate surface area is 169 Å². The number of nitrogen functional groups attached to an aromatic ring is 1. The highest BCUT2D eigenvalue weighted by atomic mass is 35.5. The van der Waals surface area contributed by atoms with Crippen LogP contribution in [0.25, 0.3) is 10.8 Å². The molecule has 1 amide bonds. The number of fused-ring (bicyclic) bond motifs is 1. The molecule has 144 valence electrons. The maximum Gasteiger partial charge on any atom is 0.273 e. The van der Waals surface area contributed by atoms with Crippen LogP contribution in [0.5, 0.6) is 0 Å². The molecule has 1 atom stereocenters. The van der Waals surface area contributed by atoms with E-state index in [2.05, 4.69) is 0 Å². The zero-order valence-electron chi connectivity index (χ0n) is 15.8. The summed E-state index contributed by atoms with van der Waals surface area (Å²) in [5, 5.41) is 9.42. The van der Waals surface area contributed by atoms with Gasteiger partial charge in [0.15, 0.2) is 5.60 Å². The molecule has 0 heterocycles. The van der Waals surface area contributed by atoms with Gasteiger partial charge in [-0.05, 0) is 23.3 Å². The minimum atomic E-state index is -1.23. The number of nitrogens with zero attached hydrogens (tertiary/aromatic N) is 1. The van der Waals surface area contributed by atoms with E-state index in [1.807, 2.05) is 42.5 Å². The molecule has 0 aliphatic carbocycles. The van der Waals surface area contributed by atoms with Gasteiger partial charge in [-0.25, -0.2) is 4.42 Å². The van der Waals surface area contributed by atoms with Gasteiger partial charge in [-0.3, -0.25) is 10.2 Å². The summed E-state index contributed by atoms with van der Waals surface area (Å²) in [5.41, 5.74) is 6.44. The summed E-state index contributed by atoms with van der Waals surface area (Å²) < 4.78 is 6.82.